The van der Waals surface area contributed by atoms with Crippen LogP contribution in [0.25, 0.3) is 11.3 Å². The van der Waals surface area contributed by atoms with E-state index in [0.717, 1.165) is 18.2 Å². The molecule has 1 aliphatic carbocycles. The lowest BCUT2D eigenvalue weighted by Gasteiger charge is -2.09. The molecular weight excluding hydrogens is 338 g/mol. The number of hydrogen-bond acceptors (Lipinski definition) is 5. The molecule has 6 nitrogen and oxygen atoms in total. The van der Waals surface area contributed by atoms with Gasteiger partial charge in [-0.2, -0.15) is 0 Å². The summed E-state index contributed by atoms with van der Waals surface area (Å²) in [4.78, 5) is 4.35. The fourth-order valence-corrected chi connectivity index (χ4v) is 2.96. The first kappa shape index (κ1) is 17.5. The van der Waals surface area contributed by atoms with Gasteiger partial charge in [0, 0.05) is 29.4 Å². The molecule has 0 spiro atoms. The summed E-state index contributed by atoms with van der Waals surface area (Å²) in [6, 6.07) is 8.45. The van der Waals surface area contributed by atoms with Gasteiger partial charge in [-0.15, -0.1) is 12.4 Å². The van der Waals surface area contributed by atoms with Crippen LogP contribution in [0.2, 0.25) is 0 Å². The first-order valence-corrected chi connectivity index (χ1v) is 8.75. The number of rotatable bonds is 4. The lowest BCUT2D eigenvalue weighted by atomic mass is 10.1. The third-order valence-corrected chi connectivity index (χ3v) is 4.24. The molecule has 0 radical (unpaired) electrons. The molecule has 1 aromatic carbocycles. The topological polar surface area (TPSA) is 105 Å². The van der Waals surface area contributed by atoms with Gasteiger partial charge in [0.05, 0.1) is 11.9 Å². The minimum Gasteiger partial charge on any atom is -0.507 e. The van der Waals surface area contributed by atoms with E-state index in [-0.39, 0.29) is 24.2 Å². The van der Waals surface area contributed by atoms with E-state index in [4.69, 9.17) is 5.73 Å². The number of phenols is 1. The summed E-state index contributed by atoms with van der Waals surface area (Å²) in [5, 5.41) is 9.98. The predicted octanol–water partition coefficient (Wildman–Crippen LogP) is 2.06. The third kappa shape index (κ3) is 4.13. The van der Waals surface area contributed by atoms with E-state index in [2.05, 4.69) is 9.71 Å². The fraction of sp³-hybridized carbons (Fsp3) is 0.267. The summed E-state index contributed by atoms with van der Waals surface area (Å²) in [5.41, 5.74) is 8.33. The van der Waals surface area contributed by atoms with Crippen LogP contribution in [-0.2, 0) is 10.0 Å². The molecule has 0 bridgehead atoms. The monoisotopic (exact) mass is 355 g/mol. The summed E-state index contributed by atoms with van der Waals surface area (Å²) < 4.78 is 25.0. The maximum absolute atomic E-state index is 11.3. The molecule has 23 heavy (non-hydrogen) atoms. The fourth-order valence-electron chi connectivity index (χ4n) is 2.40. The van der Waals surface area contributed by atoms with E-state index in [1.54, 1.807) is 18.3 Å². The number of nitrogens with one attached hydrogen (secondary N) is 1. The van der Waals surface area contributed by atoms with E-state index in [0.29, 0.717) is 22.9 Å². The predicted molar refractivity (Wildman–Crippen MR) is 92.4 cm³/mol. The van der Waals surface area contributed by atoms with Crippen LogP contribution in [0.4, 0.5) is 5.69 Å². The van der Waals surface area contributed by atoms with Crippen LogP contribution in [0.1, 0.15) is 17.9 Å². The number of nitrogens with zero attached hydrogens (tertiary/aromatic N) is 1. The first-order valence-electron chi connectivity index (χ1n) is 6.86. The van der Waals surface area contributed by atoms with Gasteiger partial charge >= 0.3 is 0 Å². The highest BCUT2D eigenvalue weighted by Gasteiger charge is 2.34. The maximum atomic E-state index is 11.3. The molecule has 1 heterocycles. The molecule has 1 aliphatic rings. The Hall–Kier alpha value is -1.83. The molecule has 2 aromatic rings. The van der Waals surface area contributed by atoms with Gasteiger partial charge < -0.3 is 10.8 Å². The molecule has 1 aromatic heterocycles. The molecule has 2 unspecified atom stereocenters. The highest BCUT2D eigenvalue weighted by molar-refractivity contribution is 7.92. The number of aromatic hydroxyl groups is 1. The normalized spacial score (nSPS) is 19.7. The summed E-state index contributed by atoms with van der Waals surface area (Å²) in [5.74, 6) is 0.413. The van der Waals surface area contributed by atoms with Crippen molar-refractivity contribution in [2.24, 2.45) is 5.73 Å². The van der Waals surface area contributed by atoms with Crippen LogP contribution in [0.3, 0.4) is 0 Å². The number of phenolic OH excluding ortho intramolecular Hbond substituents is 1. The number of halogens is 1. The van der Waals surface area contributed by atoms with Crippen LogP contribution in [0.5, 0.6) is 5.75 Å². The summed E-state index contributed by atoms with van der Waals surface area (Å²) >= 11 is 0. The Morgan fingerprint density at radius 3 is 2.52 bits per heavy atom. The van der Waals surface area contributed by atoms with Gasteiger partial charge in [-0.25, -0.2) is 8.42 Å². The second-order valence-electron chi connectivity index (χ2n) is 5.59. The number of hydrogen-bond donors (Lipinski definition) is 3. The molecule has 4 N–H and O–H groups in total. The zero-order valence-electron chi connectivity index (χ0n) is 12.4. The summed E-state index contributed by atoms with van der Waals surface area (Å²) in [7, 11) is -3.37. The molecule has 1 fully saturated rings. The summed E-state index contributed by atoms with van der Waals surface area (Å²) in [6.07, 6.45) is 3.80. The van der Waals surface area contributed by atoms with Crippen molar-refractivity contribution in [2.45, 2.75) is 18.4 Å². The Kier molecular flexibility index (Phi) is 4.84. The van der Waals surface area contributed by atoms with E-state index in [1.165, 1.54) is 12.1 Å². The Morgan fingerprint density at radius 1 is 1.30 bits per heavy atom. The van der Waals surface area contributed by atoms with Crippen molar-refractivity contribution in [3.63, 3.8) is 0 Å². The first-order chi connectivity index (χ1) is 10.3. The van der Waals surface area contributed by atoms with Gasteiger partial charge in [-0.3, -0.25) is 9.71 Å². The molecule has 1 saturated carbocycles. The van der Waals surface area contributed by atoms with Crippen molar-refractivity contribution < 1.29 is 13.5 Å². The van der Waals surface area contributed by atoms with Crippen LogP contribution in [0, 0.1) is 0 Å². The molecule has 0 amide bonds. The van der Waals surface area contributed by atoms with E-state index in [1.807, 2.05) is 6.07 Å². The zero-order valence-corrected chi connectivity index (χ0v) is 14.1. The number of anilines is 1. The van der Waals surface area contributed by atoms with Crippen molar-refractivity contribution in [3.8, 4) is 17.0 Å². The van der Waals surface area contributed by atoms with Gasteiger partial charge in [0.25, 0.3) is 0 Å². The average Bonchev–Trinajstić information content (AvgIpc) is 3.17. The van der Waals surface area contributed by atoms with Crippen LogP contribution in [0.15, 0.2) is 36.5 Å². The number of pyridine rings is 1. The lowest BCUT2D eigenvalue weighted by molar-refractivity contribution is 0.477. The number of aromatic nitrogens is 1. The molecular formula is C15H18ClN3O3S. The van der Waals surface area contributed by atoms with Gasteiger partial charge in [-0.05, 0) is 36.2 Å². The molecule has 3 rings (SSSR count). The van der Waals surface area contributed by atoms with E-state index >= 15 is 0 Å². The van der Waals surface area contributed by atoms with Crippen molar-refractivity contribution in [2.75, 3.05) is 11.0 Å². The second kappa shape index (κ2) is 6.35. The average molecular weight is 356 g/mol. The SMILES string of the molecule is CS(=O)(=O)Nc1ccc(O)c(-c2ccc(C3CC3N)cn2)c1.Cl. The molecule has 124 valence electrons. The van der Waals surface area contributed by atoms with Crippen LogP contribution in [-0.4, -0.2) is 30.8 Å². The standard InChI is InChI=1S/C15H17N3O3S.ClH/c1-22(20,21)18-10-3-5-15(19)12(6-10)14-4-2-9(8-17-14)11-7-13(11)16;/h2-6,8,11,13,18-19H,7,16H2,1H3;1H. The second-order valence-corrected chi connectivity index (χ2v) is 7.34. The summed E-state index contributed by atoms with van der Waals surface area (Å²) in [6.45, 7) is 0. The van der Waals surface area contributed by atoms with E-state index in [9.17, 15) is 13.5 Å². The zero-order chi connectivity index (χ0) is 15.9. The highest BCUT2D eigenvalue weighted by atomic mass is 35.5. The van der Waals surface area contributed by atoms with Crippen molar-refractivity contribution in [3.05, 3.63) is 42.1 Å². The highest BCUT2D eigenvalue weighted by Crippen LogP contribution is 2.39. The molecule has 0 aliphatic heterocycles. The molecule has 0 saturated heterocycles. The minimum absolute atomic E-state index is 0. The molecule has 2 atom stereocenters. The third-order valence-electron chi connectivity index (χ3n) is 3.63. The number of nitrogens with two attached hydrogens (primary N) is 1. The van der Waals surface area contributed by atoms with Crippen molar-refractivity contribution in [1.29, 1.82) is 0 Å². The Morgan fingerprint density at radius 2 is 2.00 bits per heavy atom. The van der Waals surface area contributed by atoms with Crippen LogP contribution >= 0.6 is 12.4 Å². The number of sulfonamides is 1. The minimum atomic E-state index is -3.37. The lowest BCUT2D eigenvalue weighted by Crippen LogP contribution is -2.09. The van der Waals surface area contributed by atoms with Crippen molar-refractivity contribution in [1.82, 2.24) is 4.98 Å². The smallest absolute Gasteiger partial charge is 0.229 e. The Bertz CT molecular complexity index is 809. The quantitative estimate of drug-likeness (QED) is 0.728. The Balaban J connectivity index is 0.00000192. The van der Waals surface area contributed by atoms with E-state index < -0.39 is 10.0 Å². The molecule has 8 heteroatoms. The Labute approximate surface area is 141 Å². The largest absolute Gasteiger partial charge is 0.507 e. The van der Waals surface area contributed by atoms with Gasteiger partial charge in [0.15, 0.2) is 0 Å². The van der Waals surface area contributed by atoms with Crippen LogP contribution < -0.4 is 10.5 Å². The number of benzene rings is 1. The van der Waals surface area contributed by atoms with Crippen molar-refractivity contribution >= 4 is 28.1 Å². The maximum Gasteiger partial charge on any atom is 0.229 e. The van der Waals surface area contributed by atoms with Gasteiger partial charge in [-0.1, -0.05) is 6.07 Å². The van der Waals surface area contributed by atoms with Gasteiger partial charge in [0.1, 0.15) is 5.75 Å². The van der Waals surface area contributed by atoms with Gasteiger partial charge in [0.2, 0.25) is 10.0 Å².